The molecule has 2 aromatic heterocycles. The van der Waals surface area contributed by atoms with E-state index in [1.807, 2.05) is 36.9 Å². The molecule has 0 radical (unpaired) electrons. The third kappa shape index (κ3) is 2.80. The smallest absolute Gasteiger partial charge is 0.255 e. The summed E-state index contributed by atoms with van der Waals surface area (Å²) in [5, 5.41) is 7.63. The monoisotopic (exact) mass is 285 g/mol. The molecule has 1 fully saturated rings. The number of rotatable bonds is 2. The van der Waals surface area contributed by atoms with E-state index in [4.69, 9.17) is 0 Å². The number of pyridine rings is 1. The lowest BCUT2D eigenvalue weighted by molar-refractivity contribution is 0.0735. The van der Waals surface area contributed by atoms with Crippen molar-refractivity contribution in [2.45, 2.75) is 13.8 Å². The molecule has 0 aliphatic carbocycles. The van der Waals surface area contributed by atoms with E-state index in [0.29, 0.717) is 5.56 Å². The van der Waals surface area contributed by atoms with Crippen LogP contribution in [0.25, 0.3) is 5.82 Å². The summed E-state index contributed by atoms with van der Waals surface area (Å²) in [5.74, 6) is 0.779. The third-order valence-corrected chi connectivity index (χ3v) is 3.63. The van der Waals surface area contributed by atoms with Gasteiger partial charge in [0.25, 0.3) is 5.91 Å². The zero-order valence-electron chi connectivity index (χ0n) is 12.3. The lowest BCUT2D eigenvalue weighted by atomic mass is 10.2. The van der Waals surface area contributed by atoms with Crippen molar-refractivity contribution in [2.75, 3.05) is 26.2 Å². The number of aromatic nitrogens is 3. The van der Waals surface area contributed by atoms with Crippen LogP contribution in [0, 0.1) is 13.8 Å². The van der Waals surface area contributed by atoms with E-state index in [1.165, 1.54) is 0 Å². The number of carbonyl (C=O) groups excluding carboxylic acids is 1. The Balaban J connectivity index is 1.80. The first-order valence-electron chi connectivity index (χ1n) is 7.15. The van der Waals surface area contributed by atoms with Crippen molar-refractivity contribution < 1.29 is 4.79 Å². The average Bonchev–Trinajstić information content (AvgIpc) is 2.86. The summed E-state index contributed by atoms with van der Waals surface area (Å²) >= 11 is 0. The number of carbonyl (C=O) groups is 1. The van der Waals surface area contributed by atoms with Crippen molar-refractivity contribution >= 4 is 5.91 Å². The molecule has 6 nitrogen and oxygen atoms in total. The van der Waals surface area contributed by atoms with Gasteiger partial charge in [-0.2, -0.15) is 5.10 Å². The fraction of sp³-hybridized carbons (Fsp3) is 0.400. The van der Waals surface area contributed by atoms with Crippen LogP contribution in [-0.4, -0.2) is 51.8 Å². The molecular weight excluding hydrogens is 266 g/mol. The summed E-state index contributed by atoms with van der Waals surface area (Å²) in [6, 6.07) is 5.67. The minimum absolute atomic E-state index is 0.0453. The maximum Gasteiger partial charge on any atom is 0.255 e. The molecule has 110 valence electrons. The molecule has 21 heavy (non-hydrogen) atoms. The van der Waals surface area contributed by atoms with Gasteiger partial charge >= 0.3 is 0 Å². The first-order valence-corrected chi connectivity index (χ1v) is 7.15. The van der Waals surface area contributed by atoms with Gasteiger partial charge in [-0.15, -0.1) is 0 Å². The number of hydrogen-bond donors (Lipinski definition) is 1. The van der Waals surface area contributed by atoms with E-state index < -0.39 is 0 Å². The normalized spacial score (nSPS) is 15.2. The highest BCUT2D eigenvalue weighted by Gasteiger charge is 2.18. The highest BCUT2D eigenvalue weighted by atomic mass is 16.2. The molecule has 1 aliphatic rings. The fourth-order valence-electron chi connectivity index (χ4n) is 2.55. The molecule has 1 aliphatic heterocycles. The Morgan fingerprint density at radius 3 is 2.57 bits per heavy atom. The molecule has 1 amide bonds. The third-order valence-electron chi connectivity index (χ3n) is 3.63. The molecule has 3 rings (SSSR count). The maximum absolute atomic E-state index is 12.4. The van der Waals surface area contributed by atoms with Crippen LogP contribution in [0.15, 0.2) is 24.4 Å². The largest absolute Gasteiger partial charge is 0.336 e. The number of nitrogens with zero attached hydrogens (tertiary/aromatic N) is 4. The van der Waals surface area contributed by atoms with Gasteiger partial charge in [0.2, 0.25) is 0 Å². The first kappa shape index (κ1) is 13.8. The van der Waals surface area contributed by atoms with Gasteiger partial charge in [0.1, 0.15) is 0 Å². The van der Waals surface area contributed by atoms with Gasteiger partial charge in [-0.05, 0) is 32.0 Å². The second-order valence-corrected chi connectivity index (χ2v) is 5.29. The minimum Gasteiger partial charge on any atom is -0.336 e. The van der Waals surface area contributed by atoms with Crippen LogP contribution >= 0.6 is 0 Å². The number of hydrogen-bond acceptors (Lipinski definition) is 4. The highest BCUT2D eigenvalue weighted by Crippen LogP contribution is 2.11. The quantitative estimate of drug-likeness (QED) is 0.891. The van der Waals surface area contributed by atoms with Gasteiger partial charge in [-0.3, -0.25) is 4.79 Å². The van der Waals surface area contributed by atoms with Crippen LogP contribution in [-0.2, 0) is 0 Å². The van der Waals surface area contributed by atoms with E-state index in [2.05, 4.69) is 15.4 Å². The van der Waals surface area contributed by atoms with Crippen LogP contribution in [0.1, 0.15) is 21.7 Å². The summed E-state index contributed by atoms with van der Waals surface area (Å²) in [6.07, 6.45) is 1.64. The molecule has 0 unspecified atom stereocenters. The van der Waals surface area contributed by atoms with Gasteiger partial charge in [-0.1, -0.05) is 0 Å². The first-order chi connectivity index (χ1) is 10.1. The Morgan fingerprint density at radius 1 is 1.24 bits per heavy atom. The van der Waals surface area contributed by atoms with Gasteiger partial charge < -0.3 is 10.2 Å². The summed E-state index contributed by atoms with van der Waals surface area (Å²) in [7, 11) is 0. The van der Waals surface area contributed by atoms with E-state index in [9.17, 15) is 4.79 Å². The number of amides is 1. The minimum atomic E-state index is 0.0453. The molecule has 0 saturated carbocycles. The lowest BCUT2D eigenvalue weighted by Crippen LogP contribution is -2.46. The highest BCUT2D eigenvalue weighted by molar-refractivity contribution is 5.94. The van der Waals surface area contributed by atoms with Crippen LogP contribution in [0.2, 0.25) is 0 Å². The van der Waals surface area contributed by atoms with E-state index in [1.54, 1.807) is 10.9 Å². The Bertz CT molecular complexity index is 641. The van der Waals surface area contributed by atoms with Gasteiger partial charge in [-0.25, -0.2) is 9.67 Å². The SMILES string of the molecule is Cc1cc(C)n(-c2ccc(C(=O)N3CCNCC3)cn2)n1. The van der Waals surface area contributed by atoms with Crippen molar-refractivity contribution in [1.29, 1.82) is 0 Å². The molecule has 0 aromatic carbocycles. The topological polar surface area (TPSA) is 63.1 Å². The van der Waals surface area contributed by atoms with Gasteiger partial charge in [0.15, 0.2) is 5.82 Å². The van der Waals surface area contributed by atoms with Gasteiger partial charge in [0, 0.05) is 38.1 Å². The number of nitrogens with one attached hydrogen (secondary N) is 1. The van der Waals surface area contributed by atoms with Crippen molar-refractivity contribution in [3.63, 3.8) is 0 Å². The summed E-state index contributed by atoms with van der Waals surface area (Å²) in [6.45, 7) is 7.13. The van der Waals surface area contributed by atoms with E-state index in [-0.39, 0.29) is 5.91 Å². The Morgan fingerprint density at radius 2 is 2.00 bits per heavy atom. The van der Waals surface area contributed by atoms with Crippen LogP contribution in [0.5, 0.6) is 0 Å². The molecule has 0 spiro atoms. The Labute approximate surface area is 123 Å². The van der Waals surface area contributed by atoms with Crippen molar-refractivity contribution in [3.8, 4) is 5.82 Å². The fourth-order valence-corrected chi connectivity index (χ4v) is 2.55. The number of aryl methyl sites for hydroxylation is 2. The van der Waals surface area contributed by atoms with Crippen LogP contribution in [0.3, 0.4) is 0 Å². The summed E-state index contributed by atoms with van der Waals surface area (Å²) in [5.41, 5.74) is 2.61. The molecule has 6 heteroatoms. The zero-order chi connectivity index (χ0) is 14.8. The second-order valence-electron chi connectivity index (χ2n) is 5.29. The molecule has 3 heterocycles. The number of piperazine rings is 1. The maximum atomic E-state index is 12.4. The molecular formula is C15H19N5O. The zero-order valence-corrected chi connectivity index (χ0v) is 12.3. The molecule has 1 N–H and O–H groups in total. The summed E-state index contributed by atoms with van der Waals surface area (Å²) < 4.78 is 1.79. The van der Waals surface area contributed by atoms with E-state index >= 15 is 0 Å². The van der Waals surface area contributed by atoms with Crippen LogP contribution in [0.4, 0.5) is 0 Å². The summed E-state index contributed by atoms with van der Waals surface area (Å²) in [4.78, 5) is 18.6. The average molecular weight is 285 g/mol. The standard InChI is InChI=1S/C15H19N5O/c1-11-9-12(2)20(18-11)14-4-3-13(10-17-14)15(21)19-7-5-16-6-8-19/h3-4,9-10,16H,5-8H2,1-2H3. The second kappa shape index (κ2) is 5.65. The van der Waals surface area contributed by atoms with Crippen molar-refractivity contribution in [2.24, 2.45) is 0 Å². The van der Waals surface area contributed by atoms with Gasteiger partial charge in [0.05, 0.1) is 11.3 Å². The molecule has 2 aromatic rings. The van der Waals surface area contributed by atoms with E-state index in [0.717, 1.165) is 43.4 Å². The Kier molecular flexibility index (Phi) is 3.70. The predicted octanol–water partition coefficient (Wildman–Crippen LogP) is 0.930. The predicted molar refractivity (Wildman–Crippen MR) is 79.6 cm³/mol. The van der Waals surface area contributed by atoms with Crippen LogP contribution < -0.4 is 5.32 Å². The Hall–Kier alpha value is -2.21. The lowest BCUT2D eigenvalue weighted by Gasteiger charge is -2.27. The molecule has 0 bridgehead atoms. The van der Waals surface area contributed by atoms with Crippen molar-refractivity contribution in [1.82, 2.24) is 25.0 Å². The van der Waals surface area contributed by atoms with Crippen molar-refractivity contribution in [3.05, 3.63) is 41.3 Å². The molecule has 0 atom stereocenters. The molecule has 1 saturated heterocycles.